The minimum Gasteiger partial charge on any atom is -0.374 e. The summed E-state index contributed by atoms with van der Waals surface area (Å²) in [6, 6.07) is 1.89. The summed E-state index contributed by atoms with van der Waals surface area (Å²) in [4.78, 5) is 8.91. The second-order valence-corrected chi connectivity index (χ2v) is 4.65. The molecule has 0 amide bonds. The average Bonchev–Trinajstić information content (AvgIpc) is 2.88. The number of ether oxygens (including phenoxy) is 1. The highest BCUT2D eigenvalue weighted by Crippen LogP contribution is 2.17. The first-order valence-corrected chi connectivity index (χ1v) is 7.16. The zero-order chi connectivity index (χ0) is 15.1. The minimum atomic E-state index is 0.403. The highest BCUT2D eigenvalue weighted by Gasteiger charge is 2.06. The number of hydrogen-bond acceptors (Lipinski definition) is 6. The van der Waals surface area contributed by atoms with Crippen molar-refractivity contribution in [1.29, 1.82) is 0 Å². The van der Waals surface area contributed by atoms with Gasteiger partial charge < -0.3 is 15.4 Å². The number of rotatable bonds is 8. The van der Waals surface area contributed by atoms with Crippen LogP contribution in [0.3, 0.4) is 0 Å². The third kappa shape index (κ3) is 4.71. The Labute approximate surface area is 124 Å². The first kappa shape index (κ1) is 15.2. The molecule has 0 fully saturated rings. The van der Waals surface area contributed by atoms with E-state index in [1.807, 2.05) is 26.2 Å². The van der Waals surface area contributed by atoms with Crippen molar-refractivity contribution in [1.82, 2.24) is 19.7 Å². The predicted octanol–water partition coefficient (Wildman–Crippen LogP) is 2.31. The average molecular weight is 290 g/mol. The number of hydrogen-bond donors (Lipinski definition) is 2. The van der Waals surface area contributed by atoms with E-state index in [0.29, 0.717) is 19.0 Å². The SMILES string of the molecule is CCCNc1cc(Nc2cnn(C)c2)nc(COCC)n1. The topological polar surface area (TPSA) is 76.9 Å². The molecule has 2 heterocycles. The first-order valence-electron chi connectivity index (χ1n) is 7.16. The van der Waals surface area contributed by atoms with E-state index in [0.717, 1.165) is 30.3 Å². The lowest BCUT2D eigenvalue weighted by molar-refractivity contribution is 0.128. The van der Waals surface area contributed by atoms with Gasteiger partial charge in [-0.2, -0.15) is 5.10 Å². The van der Waals surface area contributed by atoms with Crippen LogP contribution >= 0.6 is 0 Å². The zero-order valence-corrected chi connectivity index (χ0v) is 12.8. The quantitative estimate of drug-likeness (QED) is 0.777. The predicted molar refractivity (Wildman–Crippen MR) is 82.6 cm³/mol. The molecule has 0 aromatic carbocycles. The van der Waals surface area contributed by atoms with Gasteiger partial charge in [0.05, 0.1) is 11.9 Å². The fraction of sp³-hybridized carbons (Fsp3) is 0.500. The van der Waals surface area contributed by atoms with Crippen LogP contribution < -0.4 is 10.6 Å². The van der Waals surface area contributed by atoms with E-state index < -0.39 is 0 Å². The lowest BCUT2D eigenvalue weighted by Gasteiger charge is -2.10. The molecule has 7 heteroatoms. The van der Waals surface area contributed by atoms with Crippen molar-refractivity contribution in [2.24, 2.45) is 7.05 Å². The summed E-state index contributed by atoms with van der Waals surface area (Å²) in [6.45, 7) is 5.98. The summed E-state index contributed by atoms with van der Waals surface area (Å²) >= 11 is 0. The van der Waals surface area contributed by atoms with Crippen LogP contribution in [0, 0.1) is 0 Å². The molecule has 0 saturated carbocycles. The van der Waals surface area contributed by atoms with Crippen LogP contribution in [-0.4, -0.2) is 32.9 Å². The van der Waals surface area contributed by atoms with Gasteiger partial charge in [0.25, 0.3) is 0 Å². The van der Waals surface area contributed by atoms with E-state index in [2.05, 4.69) is 32.6 Å². The van der Waals surface area contributed by atoms with Gasteiger partial charge in [0.15, 0.2) is 5.82 Å². The van der Waals surface area contributed by atoms with E-state index >= 15 is 0 Å². The lowest BCUT2D eigenvalue weighted by Crippen LogP contribution is -2.08. The Morgan fingerprint density at radius 3 is 2.71 bits per heavy atom. The molecular weight excluding hydrogens is 268 g/mol. The van der Waals surface area contributed by atoms with Gasteiger partial charge in [0, 0.05) is 32.5 Å². The number of aromatic nitrogens is 4. The van der Waals surface area contributed by atoms with Crippen molar-refractivity contribution in [2.45, 2.75) is 26.9 Å². The standard InChI is InChI=1S/C14H22N6O/c1-4-6-15-12-7-13(17-11-8-16-20(3)9-11)19-14(18-12)10-21-5-2/h7-9H,4-6,10H2,1-3H3,(H2,15,17,18,19). The molecule has 2 rings (SSSR count). The van der Waals surface area contributed by atoms with Crippen molar-refractivity contribution < 1.29 is 4.74 Å². The number of nitrogens with zero attached hydrogens (tertiary/aromatic N) is 4. The van der Waals surface area contributed by atoms with Gasteiger partial charge in [-0.15, -0.1) is 0 Å². The Morgan fingerprint density at radius 1 is 1.24 bits per heavy atom. The number of nitrogens with one attached hydrogen (secondary N) is 2. The van der Waals surface area contributed by atoms with Crippen molar-refractivity contribution in [3.63, 3.8) is 0 Å². The Hall–Kier alpha value is -2.15. The highest BCUT2D eigenvalue weighted by molar-refractivity contribution is 5.57. The molecule has 0 atom stereocenters. The summed E-state index contributed by atoms with van der Waals surface area (Å²) in [5, 5.41) is 10.6. The minimum absolute atomic E-state index is 0.403. The summed E-state index contributed by atoms with van der Waals surface area (Å²) in [5.74, 6) is 2.18. The second kappa shape index (κ2) is 7.58. The smallest absolute Gasteiger partial charge is 0.158 e. The maximum atomic E-state index is 5.39. The molecule has 0 aliphatic heterocycles. The van der Waals surface area contributed by atoms with Crippen LogP contribution in [0.4, 0.5) is 17.3 Å². The van der Waals surface area contributed by atoms with Gasteiger partial charge >= 0.3 is 0 Å². The molecule has 114 valence electrons. The van der Waals surface area contributed by atoms with Gasteiger partial charge in [-0.3, -0.25) is 4.68 Å². The Balaban J connectivity index is 2.16. The Bertz CT molecular complexity index is 542. The molecule has 0 saturated heterocycles. The highest BCUT2D eigenvalue weighted by atomic mass is 16.5. The third-order valence-electron chi connectivity index (χ3n) is 2.74. The summed E-state index contributed by atoms with van der Waals surface area (Å²) in [7, 11) is 1.87. The molecule has 0 aliphatic carbocycles. The summed E-state index contributed by atoms with van der Waals surface area (Å²) in [5.41, 5.74) is 0.889. The lowest BCUT2D eigenvalue weighted by atomic mass is 10.4. The largest absolute Gasteiger partial charge is 0.374 e. The molecule has 21 heavy (non-hydrogen) atoms. The van der Waals surface area contributed by atoms with Crippen LogP contribution in [0.15, 0.2) is 18.5 Å². The van der Waals surface area contributed by atoms with Gasteiger partial charge in [-0.25, -0.2) is 9.97 Å². The van der Waals surface area contributed by atoms with Crippen molar-refractivity contribution >= 4 is 17.3 Å². The Kier molecular flexibility index (Phi) is 5.51. The van der Waals surface area contributed by atoms with Crippen LogP contribution in [0.5, 0.6) is 0 Å². The van der Waals surface area contributed by atoms with E-state index in [9.17, 15) is 0 Å². The molecule has 0 bridgehead atoms. The van der Waals surface area contributed by atoms with Crippen LogP contribution in [-0.2, 0) is 18.4 Å². The van der Waals surface area contributed by atoms with Crippen molar-refractivity contribution in [2.75, 3.05) is 23.8 Å². The first-order chi connectivity index (χ1) is 10.2. The van der Waals surface area contributed by atoms with Gasteiger partial charge in [-0.1, -0.05) is 6.92 Å². The van der Waals surface area contributed by atoms with Gasteiger partial charge in [-0.05, 0) is 13.3 Å². The molecular formula is C14H22N6O. The fourth-order valence-corrected chi connectivity index (χ4v) is 1.80. The maximum absolute atomic E-state index is 5.39. The van der Waals surface area contributed by atoms with Gasteiger partial charge in [0.2, 0.25) is 0 Å². The van der Waals surface area contributed by atoms with E-state index in [4.69, 9.17) is 4.74 Å². The molecule has 7 nitrogen and oxygen atoms in total. The summed E-state index contributed by atoms with van der Waals surface area (Å²) in [6.07, 6.45) is 4.68. The van der Waals surface area contributed by atoms with E-state index in [1.54, 1.807) is 10.9 Å². The Morgan fingerprint density at radius 2 is 2.05 bits per heavy atom. The molecule has 0 radical (unpaired) electrons. The second-order valence-electron chi connectivity index (χ2n) is 4.65. The third-order valence-corrected chi connectivity index (χ3v) is 2.74. The van der Waals surface area contributed by atoms with E-state index in [-0.39, 0.29) is 0 Å². The number of anilines is 3. The molecule has 2 aromatic heterocycles. The number of aryl methyl sites for hydroxylation is 1. The van der Waals surface area contributed by atoms with Crippen molar-refractivity contribution in [3.8, 4) is 0 Å². The maximum Gasteiger partial charge on any atom is 0.158 e. The van der Waals surface area contributed by atoms with Crippen LogP contribution in [0.25, 0.3) is 0 Å². The zero-order valence-electron chi connectivity index (χ0n) is 12.8. The van der Waals surface area contributed by atoms with Crippen molar-refractivity contribution in [3.05, 3.63) is 24.3 Å². The molecule has 0 unspecified atom stereocenters. The van der Waals surface area contributed by atoms with Gasteiger partial charge in [0.1, 0.15) is 18.2 Å². The monoisotopic (exact) mass is 290 g/mol. The molecule has 0 aliphatic rings. The van der Waals surface area contributed by atoms with Crippen LogP contribution in [0.1, 0.15) is 26.1 Å². The fourth-order valence-electron chi connectivity index (χ4n) is 1.80. The molecule has 2 N–H and O–H groups in total. The summed E-state index contributed by atoms with van der Waals surface area (Å²) < 4.78 is 7.13. The van der Waals surface area contributed by atoms with Crippen LogP contribution in [0.2, 0.25) is 0 Å². The van der Waals surface area contributed by atoms with E-state index in [1.165, 1.54) is 0 Å². The molecule has 2 aromatic rings. The molecule has 0 spiro atoms. The normalized spacial score (nSPS) is 10.6.